The van der Waals surface area contributed by atoms with Gasteiger partial charge in [-0.05, 0) is 31.4 Å². The average molecular weight is 340 g/mol. The third kappa shape index (κ3) is 2.67. The van der Waals surface area contributed by atoms with Gasteiger partial charge >= 0.3 is 0 Å². The normalized spacial score (nSPS) is 19.2. The fraction of sp³-hybridized carbons (Fsp3) is 0.368. The highest BCUT2D eigenvalue weighted by Gasteiger charge is 2.35. The average Bonchev–Trinajstić information content (AvgIpc) is 2.66. The lowest BCUT2D eigenvalue weighted by molar-refractivity contribution is 0.0953. The minimum atomic E-state index is -0.360. The Bertz CT molecular complexity index is 860. The molecule has 3 heterocycles. The lowest BCUT2D eigenvalue weighted by Crippen LogP contribution is -2.53. The predicted octanol–water partition coefficient (Wildman–Crippen LogP) is 2.67. The zero-order valence-electron chi connectivity index (χ0n) is 14.1. The zero-order valence-corrected chi connectivity index (χ0v) is 14.1. The molecule has 0 radical (unpaired) electrons. The van der Waals surface area contributed by atoms with E-state index in [1.54, 1.807) is 4.90 Å². The molecule has 0 spiro atoms. The van der Waals surface area contributed by atoms with Gasteiger partial charge in [0.25, 0.3) is 5.91 Å². The number of hydrogen-bond donors (Lipinski definition) is 0. The number of carbonyl (C=O) groups is 1. The fourth-order valence-corrected chi connectivity index (χ4v) is 3.74. The molecular weight excluding hydrogens is 320 g/mol. The molecule has 130 valence electrons. The van der Waals surface area contributed by atoms with Gasteiger partial charge in [0, 0.05) is 25.2 Å². The van der Waals surface area contributed by atoms with Crippen LogP contribution in [-0.4, -0.2) is 32.1 Å². The molecule has 4 rings (SSSR count). The summed E-state index contributed by atoms with van der Waals surface area (Å²) < 4.78 is 10.3. The smallest absolute Gasteiger partial charge is 0.294 e. The van der Waals surface area contributed by atoms with E-state index in [2.05, 4.69) is 11.0 Å². The van der Waals surface area contributed by atoms with Gasteiger partial charge in [0.15, 0.2) is 5.76 Å². The first-order chi connectivity index (χ1) is 12.2. The number of rotatable bonds is 2. The second-order valence-electron chi connectivity index (χ2n) is 6.42. The summed E-state index contributed by atoms with van der Waals surface area (Å²) in [6.07, 6.45) is 4.60. The van der Waals surface area contributed by atoms with Gasteiger partial charge in [0.05, 0.1) is 18.5 Å². The molecule has 1 aromatic heterocycles. The molecule has 1 fully saturated rings. The van der Waals surface area contributed by atoms with Gasteiger partial charge < -0.3 is 19.0 Å². The summed E-state index contributed by atoms with van der Waals surface area (Å²) in [4.78, 5) is 29.1. The molecule has 25 heavy (non-hydrogen) atoms. The van der Waals surface area contributed by atoms with Crippen molar-refractivity contribution >= 4 is 17.3 Å². The number of methoxy groups -OCH3 is 1. The second-order valence-corrected chi connectivity index (χ2v) is 6.42. The third-order valence-corrected chi connectivity index (χ3v) is 4.98. The van der Waals surface area contributed by atoms with Gasteiger partial charge in [-0.15, -0.1) is 0 Å². The van der Waals surface area contributed by atoms with Crippen molar-refractivity contribution in [1.82, 2.24) is 0 Å². The van der Waals surface area contributed by atoms with Crippen LogP contribution in [0, 0.1) is 0 Å². The summed E-state index contributed by atoms with van der Waals surface area (Å²) in [5.41, 5.74) is 1.58. The maximum Gasteiger partial charge on any atom is 0.294 e. The van der Waals surface area contributed by atoms with E-state index in [-0.39, 0.29) is 22.8 Å². The summed E-state index contributed by atoms with van der Waals surface area (Å²) in [5.74, 6) is -0.170. The van der Waals surface area contributed by atoms with Gasteiger partial charge in [0.2, 0.25) is 11.2 Å². The number of carbonyl (C=O) groups excluding carboxylic acids is 1. The number of ether oxygens (including phenoxy) is 1. The number of benzene rings is 1. The van der Waals surface area contributed by atoms with Crippen LogP contribution in [0.4, 0.5) is 11.4 Å². The Morgan fingerprint density at radius 2 is 2.04 bits per heavy atom. The molecule has 1 amide bonds. The first kappa shape index (κ1) is 15.7. The summed E-state index contributed by atoms with van der Waals surface area (Å²) in [6.45, 7) is 1.62. The largest absolute Gasteiger partial charge is 0.490 e. The van der Waals surface area contributed by atoms with Crippen molar-refractivity contribution in [2.45, 2.75) is 25.3 Å². The molecule has 1 atom stereocenters. The van der Waals surface area contributed by atoms with Gasteiger partial charge in [0.1, 0.15) is 6.26 Å². The van der Waals surface area contributed by atoms with Crippen LogP contribution in [0.15, 0.2) is 45.8 Å². The van der Waals surface area contributed by atoms with Crippen LogP contribution in [0.25, 0.3) is 0 Å². The topological polar surface area (TPSA) is 63.0 Å². The second kappa shape index (κ2) is 6.27. The Balaban J connectivity index is 1.73. The van der Waals surface area contributed by atoms with Crippen LogP contribution in [0.2, 0.25) is 0 Å². The fourth-order valence-electron chi connectivity index (χ4n) is 3.74. The molecule has 6 nitrogen and oxygen atoms in total. The van der Waals surface area contributed by atoms with E-state index in [4.69, 9.17) is 9.15 Å². The quantitative estimate of drug-likeness (QED) is 0.841. The Morgan fingerprint density at radius 3 is 2.80 bits per heavy atom. The van der Waals surface area contributed by atoms with Gasteiger partial charge in [-0.3, -0.25) is 9.59 Å². The van der Waals surface area contributed by atoms with E-state index >= 15 is 0 Å². The molecule has 0 saturated carbocycles. The summed E-state index contributed by atoms with van der Waals surface area (Å²) >= 11 is 0. The number of piperidine rings is 1. The molecule has 0 aliphatic carbocycles. The lowest BCUT2D eigenvalue weighted by Gasteiger charge is -2.46. The molecule has 1 unspecified atom stereocenters. The van der Waals surface area contributed by atoms with Crippen LogP contribution in [0.1, 0.15) is 29.8 Å². The molecule has 0 bridgehead atoms. The number of fused-ring (bicyclic) bond motifs is 3. The van der Waals surface area contributed by atoms with Crippen molar-refractivity contribution < 1.29 is 13.9 Å². The van der Waals surface area contributed by atoms with E-state index in [0.29, 0.717) is 12.6 Å². The molecule has 1 aromatic carbocycles. The van der Waals surface area contributed by atoms with E-state index in [1.165, 1.54) is 32.3 Å². The number of anilines is 2. The van der Waals surface area contributed by atoms with Crippen molar-refractivity contribution in [2.24, 2.45) is 0 Å². The van der Waals surface area contributed by atoms with Gasteiger partial charge in [-0.2, -0.15) is 0 Å². The van der Waals surface area contributed by atoms with Crippen LogP contribution in [-0.2, 0) is 0 Å². The van der Waals surface area contributed by atoms with Gasteiger partial charge in [-0.25, -0.2) is 0 Å². The molecule has 2 aliphatic heterocycles. The van der Waals surface area contributed by atoms with Crippen molar-refractivity contribution in [1.29, 1.82) is 0 Å². The van der Waals surface area contributed by atoms with Crippen LogP contribution in [0.3, 0.4) is 0 Å². The van der Waals surface area contributed by atoms with E-state index < -0.39 is 0 Å². The highest BCUT2D eigenvalue weighted by molar-refractivity contribution is 6.06. The first-order valence-electron chi connectivity index (χ1n) is 8.53. The Kier molecular flexibility index (Phi) is 3.95. The summed E-state index contributed by atoms with van der Waals surface area (Å²) in [7, 11) is 1.40. The maximum atomic E-state index is 13.0. The zero-order chi connectivity index (χ0) is 17.4. The van der Waals surface area contributed by atoms with Gasteiger partial charge in [-0.1, -0.05) is 12.1 Å². The minimum absolute atomic E-state index is 0.0323. The van der Waals surface area contributed by atoms with Crippen molar-refractivity contribution in [3.8, 4) is 5.75 Å². The van der Waals surface area contributed by atoms with Crippen LogP contribution in [0.5, 0.6) is 5.75 Å². The number of amides is 1. The molecule has 2 aromatic rings. The van der Waals surface area contributed by atoms with Crippen molar-refractivity contribution in [2.75, 3.05) is 30.0 Å². The summed E-state index contributed by atoms with van der Waals surface area (Å²) in [6, 6.07) is 9.42. The van der Waals surface area contributed by atoms with Crippen molar-refractivity contribution in [3.05, 3.63) is 52.6 Å². The minimum Gasteiger partial charge on any atom is -0.490 e. The number of nitrogens with zero attached hydrogens (tertiary/aromatic N) is 2. The van der Waals surface area contributed by atoms with Crippen LogP contribution < -0.4 is 20.0 Å². The maximum absolute atomic E-state index is 13.0. The molecular formula is C19H20N2O4. The SMILES string of the molecule is COc1coc(C(=O)N2CC3CCCCN3c3ccccc32)cc1=O. The molecule has 6 heteroatoms. The van der Waals surface area contributed by atoms with Crippen molar-refractivity contribution in [3.63, 3.8) is 0 Å². The standard InChI is InChI=1S/C19H20N2O4/c1-24-18-12-25-17(10-16(18)22)19(23)21-11-13-6-4-5-9-20(13)14-7-2-3-8-15(14)21/h2-3,7-8,10,12-13H,4-6,9,11H2,1H3. The highest BCUT2D eigenvalue weighted by atomic mass is 16.5. The lowest BCUT2D eigenvalue weighted by atomic mass is 9.96. The van der Waals surface area contributed by atoms with Crippen LogP contribution >= 0.6 is 0 Å². The molecule has 0 N–H and O–H groups in total. The molecule has 1 saturated heterocycles. The Labute approximate surface area is 145 Å². The Morgan fingerprint density at radius 1 is 1.24 bits per heavy atom. The van der Waals surface area contributed by atoms with E-state index in [1.807, 2.05) is 18.2 Å². The van der Waals surface area contributed by atoms with E-state index in [9.17, 15) is 9.59 Å². The monoisotopic (exact) mass is 340 g/mol. The predicted molar refractivity (Wildman–Crippen MR) is 94.6 cm³/mol. The Hall–Kier alpha value is -2.76. The molecule has 2 aliphatic rings. The summed E-state index contributed by atoms with van der Waals surface area (Å²) in [5, 5.41) is 0. The first-order valence-corrected chi connectivity index (χ1v) is 8.53. The number of hydrogen-bond acceptors (Lipinski definition) is 5. The number of para-hydroxylation sites is 2. The third-order valence-electron chi connectivity index (χ3n) is 4.98. The van der Waals surface area contributed by atoms with E-state index in [0.717, 1.165) is 24.3 Å². The highest BCUT2D eigenvalue weighted by Crippen LogP contribution is 2.39.